The molecule has 0 saturated carbocycles. The number of benzene rings is 1. The third-order valence-corrected chi connectivity index (χ3v) is 7.34. The highest BCUT2D eigenvalue weighted by molar-refractivity contribution is 7.89. The van der Waals surface area contributed by atoms with E-state index in [9.17, 15) is 8.42 Å². The molecule has 21 heavy (non-hydrogen) atoms. The Morgan fingerprint density at radius 1 is 1.33 bits per heavy atom. The minimum absolute atomic E-state index is 0.0434. The van der Waals surface area contributed by atoms with Gasteiger partial charge in [0.2, 0.25) is 10.0 Å². The van der Waals surface area contributed by atoms with E-state index in [4.69, 9.17) is 5.73 Å². The van der Waals surface area contributed by atoms with Crippen LogP contribution in [-0.2, 0) is 16.6 Å². The molecule has 2 N–H and O–H groups in total. The van der Waals surface area contributed by atoms with Crippen molar-refractivity contribution in [2.75, 3.05) is 13.1 Å². The third-order valence-electron chi connectivity index (χ3n) is 4.04. The fourth-order valence-corrected chi connectivity index (χ4v) is 6.31. The summed E-state index contributed by atoms with van der Waals surface area (Å²) < 4.78 is 28.7. The number of hydrogen-bond acceptors (Lipinski definition) is 4. The maximum atomic E-state index is 13.1. The highest BCUT2D eigenvalue weighted by atomic mass is 32.2. The molecule has 4 nitrogen and oxygen atoms in total. The van der Waals surface area contributed by atoms with Gasteiger partial charge < -0.3 is 5.73 Å². The first-order valence-corrected chi connectivity index (χ1v) is 9.31. The minimum Gasteiger partial charge on any atom is -0.326 e. The topological polar surface area (TPSA) is 63.4 Å². The average molecular weight is 324 g/mol. The molecular formula is C15H20N2O2S2. The van der Waals surface area contributed by atoms with Crippen LogP contribution in [0.4, 0.5) is 0 Å². The predicted octanol–water partition coefficient (Wildman–Crippen LogP) is 2.78. The minimum atomic E-state index is -3.47. The molecule has 1 saturated heterocycles. The van der Waals surface area contributed by atoms with E-state index in [2.05, 4.69) is 13.8 Å². The predicted molar refractivity (Wildman–Crippen MR) is 86.9 cm³/mol. The van der Waals surface area contributed by atoms with Gasteiger partial charge in [0.25, 0.3) is 0 Å². The molecule has 1 fully saturated rings. The lowest BCUT2D eigenvalue weighted by Crippen LogP contribution is -2.31. The first-order valence-electron chi connectivity index (χ1n) is 7.06. The van der Waals surface area contributed by atoms with Crippen LogP contribution < -0.4 is 5.73 Å². The number of nitrogens with two attached hydrogens (primary N) is 1. The summed E-state index contributed by atoms with van der Waals surface area (Å²) in [6.07, 6.45) is 0.895. The van der Waals surface area contributed by atoms with Crippen molar-refractivity contribution < 1.29 is 8.42 Å². The zero-order chi connectivity index (χ0) is 15.3. The fourth-order valence-electron chi connectivity index (χ4n) is 2.89. The quantitative estimate of drug-likeness (QED) is 0.944. The molecule has 2 heterocycles. The average Bonchev–Trinajstić information content (AvgIpc) is 2.98. The summed E-state index contributed by atoms with van der Waals surface area (Å²) in [6, 6.07) is 7.63. The highest BCUT2D eigenvalue weighted by Crippen LogP contribution is 2.39. The first kappa shape index (κ1) is 15.0. The van der Waals surface area contributed by atoms with E-state index in [-0.39, 0.29) is 12.0 Å². The largest absolute Gasteiger partial charge is 0.326 e. The van der Waals surface area contributed by atoms with E-state index >= 15 is 0 Å². The maximum absolute atomic E-state index is 13.1. The van der Waals surface area contributed by atoms with Crippen molar-refractivity contribution in [3.63, 3.8) is 0 Å². The van der Waals surface area contributed by atoms with E-state index in [1.165, 1.54) is 11.3 Å². The van der Waals surface area contributed by atoms with Crippen LogP contribution >= 0.6 is 11.3 Å². The van der Waals surface area contributed by atoms with Crippen LogP contribution in [0.15, 0.2) is 29.2 Å². The molecule has 0 unspecified atom stereocenters. The van der Waals surface area contributed by atoms with Gasteiger partial charge in [-0.05, 0) is 17.9 Å². The number of hydrogen-bond donors (Lipinski definition) is 1. The molecular weight excluding hydrogens is 304 g/mol. The van der Waals surface area contributed by atoms with Crippen LogP contribution in [0, 0.1) is 5.41 Å². The van der Waals surface area contributed by atoms with Crippen LogP contribution in [0.3, 0.4) is 0 Å². The van der Waals surface area contributed by atoms with Crippen molar-refractivity contribution in [2.45, 2.75) is 31.7 Å². The van der Waals surface area contributed by atoms with E-state index < -0.39 is 10.0 Å². The van der Waals surface area contributed by atoms with Crippen molar-refractivity contribution in [1.29, 1.82) is 0 Å². The van der Waals surface area contributed by atoms with Gasteiger partial charge in [0.05, 0.1) is 0 Å². The lowest BCUT2D eigenvalue weighted by Gasteiger charge is -2.20. The third kappa shape index (κ3) is 2.50. The smallest absolute Gasteiger partial charge is 0.244 e. The van der Waals surface area contributed by atoms with Crippen LogP contribution in [0.5, 0.6) is 0 Å². The van der Waals surface area contributed by atoms with Crippen molar-refractivity contribution >= 4 is 31.4 Å². The summed E-state index contributed by atoms with van der Waals surface area (Å²) in [7, 11) is -3.47. The zero-order valence-corrected chi connectivity index (χ0v) is 13.9. The second kappa shape index (κ2) is 5.05. The Kier molecular flexibility index (Phi) is 3.60. The van der Waals surface area contributed by atoms with Gasteiger partial charge in [0.1, 0.15) is 4.90 Å². The first-order chi connectivity index (χ1) is 9.85. The molecule has 3 rings (SSSR count). The number of rotatable bonds is 3. The van der Waals surface area contributed by atoms with Gasteiger partial charge in [-0.1, -0.05) is 32.0 Å². The van der Waals surface area contributed by atoms with Gasteiger partial charge in [-0.15, -0.1) is 11.3 Å². The molecule has 0 aliphatic carbocycles. The number of sulfonamides is 1. The van der Waals surface area contributed by atoms with Gasteiger partial charge in [0.15, 0.2) is 0 Å². The Bertz CT molecular complexity index is 778. The second-order valence-corrected chi connectivity index (χ2v) is 9.32. The Balaban J connectivity index is 2.15. The van der Waals surface area contributed by atoms with Gasteiger partial charge in [-0.25, -0.2) is 8.42 Å². The molecule has 6 heteroatoms. The summed E-state index contributed by atoms with van der Waals surface area (Å²) >= 11 is 1.48. The van der Waals surface area contributed by atoms with E-state index in [1.807, 2.05) is 24.3 Å². The molecule has 0 bridgehead atoms. The summed E-state index contributed by atoms with van der Waals surface area (Å²) in [5.41, 5.74) is 5.83. The lowest BCUT2D eigenvalue weighted by atomic mass is 9.93. The molecule has 114 valence electrons. The second-order valence-electron chi connectivity index (χ2n) is 6.31. The van der Waals surface area contributed by atoms with Crippen molar-refractivity contribution in [1.82, 2.24) is 4.31 Å². The van der Waals surface area contributed by atoms with Crippen molar-refractivity contribution in [3.8, 4) is 0 Å². The van der Waals surface area contributed by atoms with Gasteiger partial charge in [-0.2, -0.15) is 4.31 Å². The lowest BCUT2D eigenvalue weighted by molar-refractivity contribution is 0.375. The van der Waals surface area contributed by atoms with Crippen LogP contribution in [-0.4, -0.2) is 25.8 Å². The molecule has 0 atom stereocenters. The summed E-state index contributed by atoms with van der Waals surface area (Å²) in [4.78, 5) is 1.17. The maximum Gasteiger partial charge on any atom is 0.244 e. The van der Waals surface area contributed by atoms with Gasteiger partial charge in [0, 0.05) is 34.6 Å². The Hall–Kier alpha value is -0.950. The monoisotopic (exact) mass is 324 g/mol. The number of thiophene rings is 1. The highest BCUT2D eigenvalue weighted by Gasteiger charge is 2.38. The van der Waals surface area contributed by atoms with Crippen LogP contribution in [0.1, 0.15) is 25.1 Å². The molecule has 1 aliphatic heterocycles. The van der Waals surface area contributed by atoms with Gasteiger partial charge in [-0.3, -0.25) is 0 Å². The Morgan fingerprint density at radius 3 is 2.67 bits per heavy atom. The number of nitrogens with zero attached hydrogens (tertiary/aromatic N) is 1. The van der Waals surface area contributed by atoms with E-state index in [0.717, 1.165) is 21.4 Å². The molecule has 1 aromatic heterocycles. The van der Waals surface area contributed by atoms with E-state index in [1.54, 1.807) is 4.31 Å². The fraction of sp³-hybridized carbons (Fsp3) is 0.467. The number of fused-ring (bicyclic) bond motifs is 1. The molecule has 1 aromatic carbocycles. The van der Waals surface area contributed by atoms with Gasteiger partial charge >= 0.3 is 0 Å². The van der Waals surface area contributed by atoms with E-state index in [0.29, 0.717) is 18.0 Å². The Labute approximate surface area is 129 Å². The van der Waals surface area contributed by atoms with Crippen molar-refractivity contribution in [3.05, 3.63) is 29.1 Å². The molecule has 2 aromatic rings. The van der Waals surface area contributed by atoms with Crippen LogP contribution in [0.2, 0.25) is 0 Å². The molecule has 0 radical (unpaired) electrons. The normalized spacial score (nSPS) is 19.4. The van der Waals surface area contributed by atoms with Crippen LogP contribution in [0.25, 0.3) is 10.1 Å². The molecule has 0 amide bonds. The summed E-state index contributed by atoms with van der Waals surface area (Å²) in [5, 5.41) is 0.799. The molecule has 0 spiro atoms. The Morgan fingerprint density at radius 2 is 2.05 bits per heavy atom. The van der Waals surface area contributed by atoms with Crippen molar-refractivity contribution in [2.24, 2.45) is 11.1 Å². The molecule has 1 aliphatic rings. The standard InChI is InChI=1S/C15H20N2O2S2/c1-15(2)7-8-17(10-15)21(18,19)14-11-5-3-4-6-12(11)20-13(14)9-16/h3-6H,7-10,16H2,1-2H3. The zero-order valence-electron chi connectivity index (χ0n) is 12.3. The SMILES string of the molecule is CC1(C)CCN(S(=O)(=O)c2c(CN)sc3ccccc23)C1. The summed E-state index contributed by atoms with van der Waals surface area (Å²) in [6.45, 7) is 5.63. The summed E-state index contributed by atoms with van der Waals surface area (Å²) in [5.74, 6) is 0.